The summed E-state index contributed by atoms with van der Waals surface area (Å²) in [6.07, 6.45) is 2.13. The van der Waals surface area contributed by atoms with Gasteiger partial charge in [-0.25, -0.2) is 0 Å². The molecule has 1 aromatic carbocycles. The highest BCUT2D eigenvalue weighted by atomic mass is 35.5. The Labute approximate surface area is 120 Å². The maximum Gasteiger partial charge on any atom is 0.0496 e. The van der Waals surface area contributed by atoms with E-state index >= 15 is 0 Å². The highest BCUT2D eigenvalue weighted by Crippen LogP contribution is 2.26. The van der Waals surface area contributed by atoms with E-state index in [1.807, 2.05) is 23.9 Å². The Morgan fingerprint density at radius 2 is 1.83 bits per heavy atom. The van der Waals surface area contributed by atoms with Crippen LogP contribution in [-0.4, -0.2) is 36.0 Å². The second-order valence-corrected chi connectivity index (χ2v) is 6.17. The van der Waals surface area contributed by atoms with Crippen LogP contribution in [0.3, 0.4) is 0 Å². The van der Waals surface area contributed by atoms with Gasteiger partial charge in [0.05, 0.1) is 0 Å². The molecule has 1 rings (SSSR count). The first-order valence-electron chi connectivity index (χ1n) is 6.19. The number of hydrogen-bond donors (Lipinski definition) is 1. The molecule has 2 nitrogen and oxygen atoms in total. The van der Waals surface area contributed by atoms with Gasteiger partial charge in [0.2, 0.25) is 0 Å². The Morgan fingerprint density at radius 1 is 1.28 bits per heavy atom. The van der Waals surface area contributed by atoms with E-state index in [1.54, 1.807) is 0 Å². The number of benzene rings is 1. The Morgan fingerprint density at radius 3 is 2.28 bits per heavy atom. The fraction of sp³-hybridized carbons (Fsp3) is 0.571. The van der Waals surface area contributed by atoms with Crippen LogP contribution in [0.4, 0.5) is 0 Å². The zero-order valence-corrected chi connectivity index (χ0v) is 13.1. The van der Waals surface area contributed by atoms with Gasteiger partial charge in [0.25, 0.3) is 0 Å². The molecule has 0 aliphatic carbocycles. The fourth-order valence-corrected chi connectivity index (χ4v) is 3.05. The highest BCUT2D eigenvalue weighted by molar-refractivity contribution is 7.98. The predicted molar refractivity (Wildman–Crippen MR) is 83.4 cm³/mol. The molecule has 0 radical (unpaired) electrons. The van der Waals surface area contributed by atoms with Crippen molar-refractivity contribution in [3.8, 4) is 0 Å². The summed E-state index contributed by atoms with van der Waals surface area (Å²) in [4.78, 5) is 2.35. The van der Waals surface area contributed by atoms with Gasteiger partial charge in [-0.1, -0.05) is 23.7 Å². The average molecular weight is 287 g/mol. The zero-order valence-electron chi connectivity index (χ0n) is 11.6. The molecule has 1 aromatic rings. The summed E-state index contributed by atoms with van der Waals surface area (Å²) in [6.45, 7) is 4.30. The third-order valence-corrected chi connectivity index (χ3v) is 4.32. The summed E-state index contributed by atoms with van der Waals surface area (Å²) >= 11 is 7.80. The van der Waals surface area contributed by atoms with Gasteiger partial charge in [-0.3, -0.25) is 4.90 Å². The molecule has 4 heteroatoms. The lowest BCUT2D eigenvalue weighted by molar-refractivity contribution is 0.178. The minimum Gasteiger partial charge on any atom is -0.326 e. The van der Waals surface area contributed by atoms with Crippen molar-refractivity contribution < 1.29 is 0 Å². The van der Waals surface area contributed by atoms with Crippen LogP contribution in [0.2, 0.25) is 5.02 Å². The molecule has 102 valence electrons. The van der Waals surface area contributed by atoms with Crippen molar-refractivity contribution in [3.05, 3.63) is 34.9 Å². The molecular weight excluding hydrogens is 264 g/mol. The zero-order chi connectivity index (χ0) is 13.7. The molecule has 0 heterocycles. The van der Waals surface area contributed by atoms with Gasteiger partial charge >= 0.3 is 0 Å². The molecule has 0 amide bonds. The summed E-state index contributed by atoms with van der Waals surface area (Å²) in [6, 6.07) is 8.80. The van der Waals surface area contributed by atoms with Crippen LogP contribution in [-0.2, 0) is 0 Å². The van der Waals surface area contributed by atoms with Gasteiger partial charge in [0.15, 0.2) is 0 Å². The van der Waals surface area contributed by atoms with Gasteiger partial charge < -0.3 is 5.73 Å². The molecule has 0 bridgehead atoms. The van der Waals surface area contributed by atoms with Crippen molar-refractivity contribution in [3.63, 3.8) is 0 Å². The van der Waals surface area contributed by atoms with E-state index in [2.05, 4.69) is 44.2 Å². The first kappa shape index (κ1) is 15.8. The van der Waals surface area contributed by atoms with Crippen LogP contribution in [0, 0.1) is 0 Å². The maximum absolute atomic E-state index is 6.16. The molecule has 0 saturated carbocycles. The van der Waals surface area contributed by atoms with Crippen molar-refractivity contribution in [2.45, 2.75) is 32.0 Å². The van der Waals surface area contributed by atoms with Crippen LogP contribution >= 0.6 is 23.4 Å². The van der Waals surface area contributed by atoms with Crippen molar-refractivity contribution >= 4 is 23.4 Å². The van der Waals surface area contributed by atoms with E-state index < -0.39 is 0 Å². The van der Waals surface area contributed by atoms with Gasteiger partial charge in [-0.15, -0.1) is 0 Å². The number of likely N-dealkylation sites (N-methyl/N-ethyl adjacent to an activating group) is 1. The van der Waals surface area contributed by atoms with Gasteiger partial charge in [-0.05, 0) is 44.8 Å². The summed E-state index contributed by atoms with van der Waals surface area (Å²) in [7, 11) is 2.14. The smallest absolute Gasteiger partial charge is 0.0496 e. The third-order valence-electron chi connectivity index (χ3n) is 3.25. The van der Waals surface area contributed by atoms with E-state index in [0.29, 0.717) is 6.04 Å². The van der Waals surface area contributed by atoms with Crippen molar-refractivity contribution in [1.29, 1.82) is 0 Å². The quantitative estimate of drug-likeness (QED) is 0.869. The van der Waals surface area contributed by atoms with Crippen molar-refractivity contribution in [2.75, 3.05) is 19.1 Å². The fourth-order valence-electron chi connectivity index (χ4n) is 2.20. The SMILES string of the molecule is CSCC(C)N(C)C(c1ccc(Cl)cc1)C(C)N. The second-order valence-electron chi connectivity index (χ2n) is 4.83. The van der Waals surface area contributed by atoms with Crippen LogP contribution < -0.4 is 5.73 Å². The van der Waals surface area contributed by atoms with Crippen molar-refractivity contribution in [2.24, 2.45) is 5.73 Å². The number of nitrogens with two attached hydrogens (primary N) is 1. The first-order chi connectivity index (χ1) is 8.47. The van der Waals surface area contributed by atoms with E-state index in [9.17, 15) is 0 Å². The molecule has 0 aromatic heterocycles. The minimum atomic E-state index is 0.0838. The minimum absolute atomic E-state index is 0.0838. The average Bonchev–Trinajstić information content (AvgIpc) is 2.31. The molecule has 2 N–H and O–H groups in total. The van der Waals surface area contributed by atoms with Crippen LogP contribution in [0.25, 0.3) is 0 Å². The molecule has 0 saturated heterocycles. The molecule has 0 fully saturated rings. The topological polar surface area (TPSA) is 29.3 Å². The summed E-state index contributed by atoms with van der Waals surface area (Å²) in [5.74, 6) is 1.10. The second kappa shape index (κ2) is 7.39. The first-order valence-corrected chi connectivity index (χ1v) is 7.96. The van der Waals surface area contributed by atoms with E-state index in [0.717, 1.165) is 10.8 Å². The molecule has 3 unspecified atom stereocenters. The molecule has 0 aliphatic heterocycles. The molecule has 0 aliphatic rings. The maximum atomic E-state index is 6.16. The van der Waals surface area contributed by atoms with Gasteiger partial charge in [-0.2, -0.15) is 11.8 Å². The van der Waals surface area contributed by atoms with Gasteiger partial charge in [0.1, 0.15) is 0 Å². The third kappa shape index (κ3) is 4.16. The van der Waals surface area contributed by atoms with Crippen molar-refractivity contribution in [1.82, 2.24) is 4.90 Å². The molecule has 0 spiro atoms. The van der Waals surface area contributed by atoms with E-state index in [4.69, 9.17) is 17.3 Å². The lowest BCUT2D eigenvalue weighted by Gasteiger charge is -2.35. The Bertz CT molecular complexity index is 353. The largest absolute Gasteiger partial charge is 0.326 e. The highest BCUT2D eigenvalue weighted by Gasteiger charge is 2.24. The lowest BCUT2D eigenvalue weighted by Crippen LogP contribution is -2.42. The lowest BCUT2D eigenvalue weighted by atomic mass is 9.98. The summed E-state index contributed by atoms with van der Waals surface area (Å²) < 4.78 is 0. The molecule has 3 atom stereocenters. The van der Waals surface area contributed by atoms with E-state index in [-0.39, 0.29) is 12.1 Å². The number of rotatable bonds is 6. The van der Waals surface area contributed by atoms with Gasteiger partial charge in [0, 0.05) is 28.9 Å². The number of hydrogen-bond acceptors (Lipinski definition) is 3. The van der Waals surface area contributed by atoms with Crippen LogP contribution in [0.15, 0.2) is 24.3 Å². The number of halogens is 1. The molecular formula is C14H23ClN2S. The van der Waals surface area contributed by atoms with Crippen LogP contribution in [0.5, 0.6) is 0 Å². The summed E-state index contributed by atoms with van der Waals surface area (Å²) in [5, 5.41) is 0.766. The standard InChI is InChI=1S/C14H23ClN2S/c1-10(9-18-4)17(3)14(11(2)16)12-5-7-13(15)8-6-12/h5-8,10-11,14H,9,16H2,1-4H3. The Balaban J connectivity index is 2.92. The summed E-state index contributed by atoms with van der Waals surface area (Å²) in [5.41, 5.74) is 7.39. The molecule has 18 heavy (non-hydrogen) atoms. The Kier molecular flexibility index (Phi) is 6.50. The number of nitrogens with zero attached hydrogens (tertiary/aromatic N) is 1. The predicted octanol–water partition coefficient (Wildman–Crippen LogP) is 3.41. The monoisotopic (exact) mass is 286 g/mol. The Hall–Kier alpha value is -0.220. The van der Waals surface area contributed by atoms with E-state index in [1.165, 1.54) is 5.56 Å². The van der Waals surface area contributed by atoms with Crippen LogP contribution in [0.1, 0.15) is 25.5 Å². The normalized spacial score (nSPS) is 16.6. The number of thioether (sulfide) groups is 1.